The molecule has 0 fully saturated rings. The normalized spacial score (nSPS) is 11.8. The van der Waals surface area contributed by atoms with Crippen LogP contribution in [0.1, 0.15) is 11.1 Å². The van der Waals surface area contributed by atoms with Gasteiger partial charge in [0.2, 0.25) is 11.9 Å². The third kappa shape index (κ3) is 7.54. The van der Waals surface area contributed by atoms with Crippen molar-refractivity contribution in [3.63, 3.8) is 0 Å². The molecule has 0 aliphatic rings. The first kappa shape index (κ1) is 26.6. The summed E-state index contributed by atoms with van der Waals surface area (Å²) in [7, 11) is 0. The molecule has 0 unspecified atom stereocenters. The van der Waals surface area contributed by atoms with Crippen LogP contribution in [-0.4, -0.2) is 27.7 Å². The summed E-state index contributed by atoms with van der Waals surface area (Å²) in [4.78, 5) is 11.6. The SMILES string of the molecule is Fc1ccc(-c2cccc(CNc3nc(Nc4cccc(C(F)(F)F)c4)nc(OCC(F)(F)F)n3)c2)cc1. The molecule has 198 valence electrons. The zero-order chi connectivity index (χ0) is 27.3. The van der Waals surface area contributed by atoms with Gasteiger partial charge in [0.25, 0.3) is 0 Å². The van der Waals surface area contributed by atoms with Crippen molar-refractivity contribution in [3.05, 3.63) is 89.7 Å². The lowest BCUT2D eigenvalue weighted by Crippen LogP contribution is -2.21. The van der Waals surface area contributed by atoms with E-state index < -0.39 is 30.5 Å². The molecule has 0 aliphatic heterocycles. The molecule has 0 amide bonds. The van der Waals surface area contributed by atoms with Crippen molar-refractivity contribution in [1.82, 2.24) is 15.0 Å². The van der Waals surface area contributed by atoms with E-state index in [1.807, 2.05) is 12.1 Å². The van der Waals surface area contributed by atoms with Crippen molar-refractivity contribution >= 4 is 17.6 Å². The maximum absolute atomic E-state index is 13.2. The minimum atomic E-state index is -4.67. The Labute approximate surface area is 211 Å². The first-order valence-corrected chi connectivity index (χ1v) is 10.9. The summed E-state index contributed by atoms with van der Waals surface area (Å²) in [6.45, 7) is -1.56. The number of ether oxygens (including phenoxy) is 1. The number of hydrogen-bond acceptors (Lipinski definition) is 6. The first-order valence-electron chi connectivity index (χ1n) is 10.9. The highest BCUT2D eigenvalue weighted by Crippen LogP contribution is 2.31. The van der Waals surface area contributed by atoms with E-state index in [4.69, 9.17) is 0 Å². The molecule has 2 N–H and O–H groups in total. The molecule has 0 radical (unpaired) electrons. The first-order chi connectivity index (χ1) is 17.9. The third-order valence-electron chi connectivity index (χ3n) is 4.98. The zero-order valence-electron chi connectivity index (χ0n) is 19.2. The third-order valence-corrected chi connectivity index (χ3v) is 4.98. The second-order valence-corrected chi connectivity index (χ2v) is 7.93. The number of nitrogens with zero attached hydrogens (tertiary/aromatic N) is 3. The summed E-state index contributed by atoms with van der Waals surface area (Å²) in [6.07, 6.45) is -9.28. The molecule has 1 heterocycles. The molecule has 1 aromatic heterocycles. The molecule has 0 spiro atoms. The van der Waals surface area contributed by atoms with Crippen LogP contribution >= 0.6 is 0 Å². The number of rotatable bonds is 8. The number of halogens is 7. The Hall–Kier alpha value is -4.42. The minimum Gasteiger partial charge on any atom is -0.454 e. The van der Waals surface area contributed by atoms with Crippen LogP contribution in [0.4, 0.5) is 48.3 Å². The number of benzene rings is 3. The van der Waals surface area contributed by atoms with Gasteiger partial charge in [-0.15, -0.1) is 0 Å². The monoisotopic (exact) mass is 537 g/mol. The number of aromatic nitrogens is 3. The Morgan fingerprint density at radius 3 is 2.16 bits per heavy atom. The van der Waals surface area contributed by atoms with Crippen molar-refractivity contribution in [3.8, 4) is 17.1 Å². The highest BCUT2D eigenvalue weighted by molar-refractivity contribution is 5.64. The average Bonchev–Trinajstić information content (AvgIpc) is 2.86. The average molecular weight is 537 g/mol. The summed E-state index contributed by atoms with van der Waals surface area (Å²) in [5.41, 5.74) is 1.30. The lowest BCUT2D eigenvalue weighted by atomic mass is 10.0. The van der Waals surface area contributed by atoms with E-state index in [9.17, 15) is 30.7 Å². The molecule has 0 bridgehead atoms. The van der Waals surface area contributed by atoms with E-state index in [-0.39, 0.29) is 29.9 Å². The predicted octanol–water partition coefficient (Wildman–Crippen LogP) is 6.99. The molecule has 6 nitrogen and oxygen atoms in total. The van der Waals surface area contributed by atoms with E-state index in [0.29, 0.717) is 0 Å². The van der Waals surface area contributed by atoms with Gasteiger partial charge in [-0.3, -0.25) is 0 Å². The second-order valence-electron chi connectivity index (χ2n) is 7.93. The second kappa shape index (κ2) is 10.9. The van der Waals surface area contributed by atoms with Gasteiger partial charge in [0.1, 0.15) is 5.82 Å². The zero-order valence-corrected chi connectivity index (χ0v) is 19.2. The molecule has 4 rings (SSSR count). The molecule has 0 atom stereocenters. The van der Waals surface area contributed by atoms with Crippen LogP contribution in [0, 0.1) is 5.82 Å². The molecular formula is C25H18F7N5O. The van der Waals surface area contributed by atoms with Gasteiger partial charge in [-0.05, 0) is 53.1 Å². The Balaban J connectivity index is 1.55. The summed E-state index contributed by atoms with van der Waals surface area (Å²) in [5, 5.41) is 5.38. The van der Waals surface area contributed by atoms with Gasteiger partial charge in [-0.1, -0.05) is 36.4 Å². The Kier molecular flexibility index (Phi) is 7.65. The summed E-state index contributed by atoms with van der Waals surface area (Å²) < 4.78 is 95.0. The molecular weight excluding hydrogens is 519 g/mol. The quantitative estimate of drug-likeness (QED) is 0.236. The van der Waals surface area contributed by atoms with Crippen molar-refractivity contribution in [2.24, 2.45) is 0 Å². The highest BCUT2D eigenvalue weighted by atomic mass is 19.4. The van der Waals surface area contributed by atoms with Crippen LogP contribution < -0.4 is 15.4 Å². The largest absolute Gasteiger partial charge is 0.454 e. The number of hydrogen-bond donors (Lipinski definition) is 2. The fourth-order valence-electron chi connectivity index (χ4n) is 3.29. The molecule has 3 aromatic carbocycles. The predicted molar refractivity (Wildman–Crippen MR) is 125 cm³/mol. The van der Waals surface area contributed by atoms with Crippen molar-refractivity contribution in [2.75, 3.05) is 17.2 Å². The van der Waals surface area contributed by atoms with Crippen LogP contribution in [0.25, 0.3) is 11.1 Å². The van der Waals surface area contributed by atoms with Gasteiger partial charge < -0.3 is 15.4 Å². The topological polar surface area (TPSA) is 72.0 Å². The van der Waals surface area contributed by atoms with E-state index in [1.54, 1.807) is 24.3 Å². The number of anilines is 3. The smallest absolute Gasteiger partial charge is 0.422 e. The van der Waals surface area contributed by atoms with E-state index in [2.05, 4.69) is 30.3 Å². The van der Waals surface area contributed by atoms with Crippen molar-refractivity contribution in [2.45, 2.75) is 18.9 Å². The Morgan fingerprint density at radius 2 is 1.45 bits per heavy atom. The maximum Gasteiger partial charge on any atom is 0.422 e. The van der Waals surface area contributed by atoms with Gasteiger partial charge in [0.05, 0.1) is 5.56 Å². The summed E-state index contributed by atoms with van der Waals surface area (Å²) >= 11 is 0. The summed E-state index contributed by atoms with van der Waals surface area (Å²) in [5.74, 6) is -0.891. The fraction of sp³-hybridized carbons (Fsp3) is 0.160. The molecule has 0 saturated carbocycles. The van der Waals surface area contributed by atoms with Gasteiger partial charge >= 0.3 is 18.4 Å². The van der Waals surface area contributed by atoms with Gasteiger partial charge in [-0.2, -0.15) is 41.3 Å². The van der Waals surface area contributed by atoms with Crippen LogP contribution in [0.5, 0.6) is 6.01 Å². The van der Waals surface area contributed by atoms with Crippen LogP contribution in [0.2, 0.25) is 0 Å². The summed E-state index contributed by atoms with van der Waals surface area (Å²) in [6, 6.07) is 16.5. The van der Waals surface area contributed by atoms with Crippen molar-refractivity contribution in [1.29, 1.82) is 0 Å². The van der Waals surface area contributed by atoms with E-state index in [1.165, 1.54) is 18.2 Å². The molecule has 0 aliphatic carbocycles. The standard InChI is InChI=1S/C25H18F7N5O/c26-19-9-7-16(8-10-19)17-4-1-3-15(11-17)13-33-21-35-22(37-23(36-21)38-14-24(27,28)29)34-20-6-2-5-18(12-20)25(30,31)32/h1-12H,13-14H2,(H2,33,34,35,36,37). The van der Waals surface area contributed by atoms with E-state index >= 15 is 0 Å². The maximum atomic E-state index is 13.2. The van der Waals surface area contributed by atoms with Crippen molar-refractivity contribution < 1.29 is 35.5 Å². The van der Waals surface area contributed by atoms with Gasteiger partial charge in [0, 0.05) is 12.2 Å². The molecule has 38 heavy (non-hydrogen) atoms. The van der Waals surface area contributed by atoms with Crippen LogP contribution in [0.15, 0.2) is 72.8 Å². The van der Waals surface area contributed by atoms with E-state index in [0.717, 1.165) is 34.9 Å². The fourth-order valence-corrected chi connectivity index (χ4v) is 3.29. The lowest BCUT2D eigenvalue weighted by Gasteiger charge is -2.13. The number of alkyl halides is 6. The lowest BCUT2D eigenvalue weighted by molar-refractivity contribution is -0.154. The molecule has 0 saturated heterocycles. The molecule has 4 aromatic rings. The van der Waals surface area contributed by atoms with Crippen LogP contribution in [-0.2, 0) is 12.7 Å². The molecule has 13 heteroatoms. The van der Waals surface area contributed by atoms with Gasteiger partial charge in [0.15, 0.2) is 6.61 Å². The van der Waals surface area contributed by atoms with Crippen LogP contribution in [0.3, 0.4) is 0 Å². The minimum absolute atomic E-state index is 0.0502. The van der Waals surface area contributed by atoms with Gasteiger partial charge in [-0.25, -0.2) is 4.39 Å². The number of nitrogens with one attached hydrogen (secondary N) is 2. The highest BCUT2D eigenvalue weighted by Gasteiger charge is 2.31. The Bertz CT molecular complexity index is 1390. The Morgan fingerprint density at radius 1 is 0.737 bits per heavy atom.